The van der Waals surface area contributed by atoms with Crippen molar-refractivity contribution < 1.29 is 14.3 Å². The van der Waals surface area contributed by atoms with E-state index in [4.69, 9.17) is 0 Å². The molecule has 9 heteroatoms. The number of thiophene rings is 1. The average Bonchev–Trinajstić information content (AvgIpc) is 3.10. The molecule has 1 amide bonds. The second kappa shape index (κ2) is 6.05. The molecule has 0 bridgehead atoms. The molecule has 0 radical (unpaired) electrons. The standard InChI is InChI=1S/C10H11N5O3S/c1-18-8(16)5-6(7-3-2-4-19-7)11-10(17)9-12-14-15-13-9/h2-4,6H,5H2,1H3,(H,11,17)(H,12,13,14,15). The summed E-state index contributed by atoms with van der Waals surface area (Å²) in [4.78, 5) is 24.1. The van der Waals surface area contributed by atoms with Gasteiger partial charge in [-0.2, -0.15) is 5.21 Å². The fourth-order valence-electron chi connectivity index (χ4n) is 1.44. The third kappa shape index (κ3) is 3.35. The number of hydrogen-bond acceptors (Lipinski definition) is 7. The zero-order valence-electron chi connectivity index (χ0n) is 9.99. The van der Waals surface area contributed by atoms with Gasteiger partial charge in [-0.3, -0.25) is 9.59 Å². The van der Waals surface area contributed by atoms with Crippen molar-refractivity contribution >= 4 is 23.2 Å². The van der Waals surface area contributed by atoms with Crippen LogP contribution in [0, 0.1) is 0 Å². The van der Waals surface area contributed by atoms with Crippen molar-refractivity contribution in [2.75, 3.05) is 7.11 Å². The second-order valence-electron chi connectivity index (χ2n) is 3.56. The summed E-state index contributed by atoms with van der Waals surface area (Å²) in [6.07, 6.45) is 0.0423. The SMILES string of the molecule is COC(=O)CC(NC(=O)c1nn[nH]n1)c1cccs1. The van der Waals surface area contributed by atoms with Crippen LogP contribution in [-0.2, 0) is 9.53 Å². The van der Waals surface area contributed by atoms with Crippen molar-refractivity contribution in [2.45, 2.75) is 12.5 Å². The topological polar surface area (TPSA) is 110 Å². The minimum absolute atomic E-state index is 0.0423. The zero-order valence-corrected chi connectivity index (χ0v) is 10.8. The molecule has 2 heterocycles. The molecule has 1 atom stereocenters. The van der Waals surface area contributed by atoms with E-state index >= 15 is 0 Å². The monoisotopic (exact) mass is 281 g/mol. The lowest BCUT2D eigenvalue weighted by molar-refractivity contribution is -0.141. The van der Waals surface area contributed by atoms with E-state index in [-0.39, 0.29) is 12.2 Å². The van der Waals surface area contributed by atoms with Crippen LogP contribution in [0.2, 0.25) is 0 Å². The highest BCUT2D eigenvalue weighted by Crippen LogP contribution is 2.22. The molecule has 0 aliphatic carbocycles. The Labute approximate surface area is 112 Å². The number of esters is 1. The predicted molar refractivity (Wildman–Crippen MR) is 65.3 cm³/mol. The van der Waals surface area contributed by atoms with Crippen LogP contribution < -0.4 is 5.32 Å². The Morgan fingerprint density at radius 1 is 1.58 bits per heavy atom. The highest BCUT2D eigenvalue weighted by molar-refractivity contribution is 7.10. The van der Waals surface area contributed by atoms with Crippen LogP contribution in [0.15, 0.2) is 17.5 Å². The normalized spacial score (nSPS) is 11.8. The third-order valence-electron chi connectivity index (χ3n) is 2.34. The van der Waals surface area contributed by atoms with Gasteiger partial charge in [0, 0.05) is 4.88 Å². The molecule has 0 saturated carbocycles. The molecule has 0 saturated heterocycles. The molecule has 19 heavy (non-hydrogen) atoms. The quantitative estimate of drug-likeness (QED) is 0.762. The number of H-pyrrole nitrogens is 1. The number of aromatic amines is 1. The third-order valence-corrected chi connectivity index (χ3v) is 3.32. The Kier molecular flexibility index (Phi) is 4.18. The molecule has 1 unspecified atom stereocenters. The van der Waals surface area contributed by atoms with E-state index in [1.165, 1.54) is 18.4 Å². The van der Waals surface area contributed by atoms with Gasteiger partial charge in [-0.25, -0.2) is 0 Å². The van der Waals surface area contributed by atoms with E-state index < -0.39 is 17.9 Å². The highest BCUT2D eigenvalue weighted by Gasteiger charge is 2.22. The minimum atomic E-state index is -0.504. The molecule has 0 spiro atoms. The maximum absolute atomic E-state index is 11.8. The van der Waals surface area contributed by atoms with Gasteiger partial charge in [0.25, 0.3) is 11.7 Å². The number of carbonyl (C=O) groups is 2. The van der Waals surface area contributed by atoms with E-state index in [2.05, 4.69) is 30.7 Å². The Morgan fingerprint density at radius 2 is 2.42 bits per heavy atom. The lowest BCUT2D eigenvalue weighted by Crippen LogP contribution is -2.30. The summed E-state index contributed by atoms with van der Waals surface area (Å²) in [5, 5.41) is 17.2. The molecule has 0 aromatic carbocycles. The highest BCUT2D eigenvalue weighted by atomic mass is 32.1. The van der Waals surface area contributed by atoms with Crippen LogP contribution in [0.4, 0.5) is 0 Å². The number of methoxy groups -OCH3 is 1. The van der Waals surface area contributed by atoms with E-state index in [9.17, 15) is 9.59 Å². The zero-order chi connectivity index (χ0) is 13.7. The molecule has 8 nitrogen and oxygen atoms in total. The van der Waals surface area contributed by atoms with Crippen LogP contribution in [0.1, 0.15) is 28.0 Å². The maximum atomic E-state index is 11.8. The van der Waals surface area contributed by atoms with Crippen LogP contribution >= 0.6 is 11.3 Å². The van der Waals surface area contributed by atoms with Crippen molar-refractivity contribution in [3.8, 4) is 0 Å². The Balaban J connectivity index is 2.10. The van der Waals surface area contributed by atoms with Gasteiger partial charge in [0.2, 0.25) is 0 Å². The van der Waals surface area contributed by atoms with Gasteiger partial charge >= 0.3 is 5.97 Å². The lowest BCUT2D eigenvalue weighted by Gasteiger charge is -2.14. The van der Waals surface area contributed by atoms with Gasteiger partial charge in [0.1, 0.15) is 0 Å². The summed E-state index contributed by atoms with van der Waals surface area (Å²) in [5.41, 5.74) is 0. The molecule has 2 aromatic heterocycles. The smallest absolute Gasteiger partial charge is 0.307 e. The summed E-state index contributed by atoms with van der Waals surface area (Å²) < 4.78 is 4.62. The van der Waals surface area contributed by atoms with Crippen molar-refractivity contribution in [2.24, 2.45) is 0 Å². The molecule has 0 aliphatic heterocycles. The Hall–Kier alpha value is -2.29. The number of carbonyl (C=O) groups excluding carboxylic acids is 2. The number of tetrazole rings is 1. The summed E-state index contributed by atoms with van der Waals surface area (Å²) in [6.45, 7) is 0. The fourth-order valence-corrected chi connectivity index (χ4v) is 2.22. The van der Waals surface area contributed by atoms with E-state index in [0.717, 1.165) is 4.88 Å². The first kappa shape index (κ1) is 13.1. The molecular weight excluding hydrogens is 270 g/mol. The van der Waals surface area contributed by atoms with Crippen molar-refractivity contribution in [1.29, 1.82) is 0 Å². The van der Waals surface area contributed by atoms with Gasteiger partial charge in [-0.05, 0) is 16.7 Å². The number of ether oxygens (including phenoxy) is 1. The van der Waals surface area contributed by atoms with E-state index in [0.29, 0.717) is 0 Å². The summed E-state index contributed by atoms with van der Waals surface area (Å²) in [5.74, 6) is -0.991. The van der Waals surface area contributed by atoms with Crippen molar-refractivity contribution in [3.63, 3.8) is 0 Å². The summed E-state index contributed by atoms with van der Waals surface area (Å²) >= 11 is 1.44. The molecule has 2 N–H and O–H groups in total. The van der Waals surface area contributed by atoms with E-state index in [1.54, 1.807) is 0 Å². The fraction of sp³-hybridized carbons (Fsp3) is 0.300. The van der Waals surface area contributed by atoms with Crippen molar-refractivity contribution in [1.82, 2.24) is 25.9 Å². The number of aromatic nitrogens is 4. The first-order valence-electron chi connectivity index (χ1n) is 5.35. The predicted octanol–water partition coefficient (Wildman–Crippen LogP) is 0.295. The largest absolute Gasteiger partial charge is 0.469 e. The molecule has 2 rings (SSSR count). The van der Waals surface area contributed by atoms with Crippen molar-refractivity contribution in [3.05, 3.63) is 28.2 Å². The van der Waals surface area contributed by atoms with Gasteiger partial charge in [0.15, 0.2) is 0 Å². The van der Waals surface area contributed by atoms with Gasteiger partial charge in [-0.15, -0.1) is 21.5 Å². The number of nitrogens with one attached hydrogen (secondary N) is 2. The van der Waals surface area contributed by atoms with Crippen LogP contribution in [-0.4, -0.2) is 39.6 Å². The number of amides is 1. The maximum Gasteiger partial charge on any atom is 0.307 e. The van der Waals surface area contributed by atoms with Gasteiger partial charge in [0.05, 0.1) is 19.6 Å². The van der Waals surface area contributed by atoms with Gasteiger partial charge < -0.3 is 10.1 Å². The average molecular weight is 281 g/mol. The number of rotatable bonds is 5. The summed E-state index contributed by atoms with van der Waals surface area (Å²) in [6, 6.07) is 3.19. The number of nitrogens with zero attached hydrogens (tertiary/aromatic N) is 3. The molecule has 0 fully saturated rings. The molecule has 2 aromatic rings. The van der Waals surface area contributed by atoms with Crippen LogP contribution in [0.3, 0.4) is 0 Å². The summed E-state index contributed by atoms with van der Waals surface area (Å²) in [7, 11) is 1.30. The first-order chi connectivity index (χ1) is 9.20. The number of hydrogen-bond donors (Lipinski definition) is 2. The van der Waals surface area contributed by atoms with Crippen LogP contribution in [0.5, 0.6) is 0 Å². The lowest BCUT2D eigenvalue weighted by atomic mass is 10.1. The molecular formula is C10H11N5O3S. The molecule has 0 aliphatic rings. The Bertz CT molecular complexity index is 540. The van der Waals surface area contributed by atoms with Crippen LogP contribution in [0.25, 0.3) is 0 Å². The molecule has 100 valence electrons. The first-order valence-corrected chi connectivity index (χ1v) is 6.23. The van der Waals surface area contributed by atoms with Gasteiger partial charge in [-0.1, -0.05) is 6.07 Å². The minimum Gasteiger partial charge on any atom is -0.469 e. The second-order valence-corrected chi connectivity index (χ2v) is 4.54. The van der Waals surface area contributed by atoms with E-state index in [1.807, 2.05) is 17.5 Å². The Morgan fingerprint density at radius 3 is 3.00 bits per heavy atom.